The average molecular weight is 440 g/mol. The minimum atomic E-state index is -4.45. The Morgan fingerprint density at radius 3 is 2.60 bits per heavy atom. The highest BCUT2D eigenvalue weighted by Gasteiger charge is 2.39. The van der Waals surface area contributed by atoms with Gasteiger partial charge < -0.3 is 10.1 Å². The number of nitrogens with zero attached hydrogens (tertiary/aromatic N) is 2. The molecule has 2 heterocycles. The smallest absolute Gasteiger partial charge is 0.422 e. The highest BCUT2D eigenvalue weighted by molar-refractivity contribution is 7.09. The summed E-state index contributed by atoms with van der Waals surface area (Å²) in [4.78, 5) is 21.8. The third kappa shape index (κ3) is 5.11. The van der Waals surface area contributed by atoms with Crippen molar-refractivity contribution >= 4 is 17.2 Å². The van der Waals surface area contributed by atoms with Crippen molar-refractivity contribution in [2.24, 2.45) is 5.92 Å². The molecule has 2 aromatic rings. The summed E-state index contributed by atoms with van der Waals surface area (Å²) in [6.07, 6.45) is 1.82. The monoisotopic (exact) mass is 439 g/mol. The fourth-order valence-electron chi connectivity index (χ4n) is 3.57. The maximum absolute atomic E-state index is 13.0. The number of hydrogen-bond acceptors (Lipinski definition) is 5. The summed E-state index contributed by atoms with van der Waals surface area (Å²) >= 11 is 1.50. The van der Waals surface area contributed by atoms with Gasteiger partial charge in [-0.3, -0.25) is 9.78 Å². The molecule has 5 nitrogen and oxygen atoms in total. The van der Waals surface area contributed by atoms with Gasteiger partial charge in [0.25, 0.3) is 5.91 Å². The van der Waals surface area contributed by atoms with E-state index in [1.54, 1.807) is 0 Å². The number of aryl methyl sites for hydroxylation is 1. The highest BCUT2D eigenvalue weighted by atomic mass is 32.1. The Labute approximate surface area is 177 Å². The van der Waals surface area contributed by atoms with Crippen LogP contribution in [0.25, 0.3) is 0 Å². The summed E-state index contributed by atoms with van der Waals surface area (Å²) < 4.78 is 43.0. The van der Waals surface area contributed by atoms with Crippen molar-refractivity contribution in [1.82, 2.24) is 15.3 Å². The number of ether oxygens (including phenoxy) is 1. The molecule has 4 rings (SSSR count). The molecular formula is C21H24F3N3O2S. The van der Waals surface area contributed by atoms with Gasteiger partial charge in [-0.25, -0.2) is 4.98 Å². The van der Waals surface area contributed by atoms with Crippen molar-refractivity contribution in [3.63, 3.8) is 0 Å². The zero-order valence-corrected chi connectivity index (χ0v) is 17.7. The first-order valence-corrected chi connectivity index (χ1v) is 11.0. The molecule has 1 unspecified atom stereocenters. The molecule has 9 heteroatoms. The number of halogens is 3. The Kier molecular flexibility index (Phi) is 5.50. The fraction of sp³-hybridized carbons (Fsp3) is 0.571. The lowest BCUT2D eigenvalue weighted by molar-refractivity contribution is -0.153. The molecule has 2 aliphatic rings. The SMILES string of the molecule is Cc1csc(C(C)(CC2CC2)NC(=O)c2cc(OCC(F)(F)F)c(C3CC3)cn2)n1. The van der Waals surface area contributed by atoms with Crippen LogP contribution in [-0.2, 0) is 5.54 Å². The van der Waals surface area contributed by atoms with E-state index < -0.39 is 24.2 Å². The van der Waals surface area contributed by atoms with E-state index in [2.05, 4.69) is 15.3 Å². The molecule has 2 fully saturated rings. The van der Waals surface area contributed by atoms with Crippen molar-refractivity contribution in [2.45, 2.75) is 63.6 Å². The second-order valence-electron chi connectivity index (χ2n) is 8.51. The van der Waals surface area contributed by atoms with Gasteiger partial charge in [0.2, 0.25) is 0 Å². The molecule has 0 bridgehead atoms. The molecule has 1 N–H and O–H groups in total. The van der Waals surface area contributed by atoms with Crippen molar-refractivity contribution in [1.29, 1.82) is 0 Å². The maximum atomic E-state index is 13.0. The first-order valence-electron chi connectivity index (χ1n) is 10.1. The summed E-state index contributed by atoms with van der Waals surface area (Å²) in [6.45, 7) is 2.46. The number of aromatic nitrogens is 2. The van der Waals surface area contributed by atoms with Crippen molar-refractivity contribution in [2.75, 3.05) is 6.61 Å². The number of amides is 1. The minimum Gasteiger partial charge on any atom is -0.484 e. The second-order valence-corrected chi connectivity index (χ2v) is 9.37. The van der Waals surface area contributed by atoms with Gasteiger partial charge in [-0.2, -0.15) is 13.2 Å². The number of hydrogen-bond donors (Lipinski definition) is 1. The van der Waals surface area contributed by atoms with Gasteiger partial charge in [-0.1, -0.05) is 12.8 Å². The van der Waals surface area contributed by atoms with E-state index in [9.17, 15) is 18.0 Å². The van der Waals surface area contributed by atoms with E-state index in [-0.39, 0.29) is 17.4 Å². The Morgan fingerprint density at radius 1 is 1.30 bits per heavy atom. The molecule has 2 aromatic heterocycles. The standard InChI is InChI=1S/C21H24F3N3O2S/c1-12-10-30-19(26-12)20(2,8-13-3-4-13)27-18(28)16-7-17(29-11-21(22,23)24)15(9-25-16)14-5-6-14/h7,9-10,13-14H,3-6,8,11H2,1-2H3,(H,27,28). The molecule has 0 aromatic carbocycles. The molecule has 2 aliphatic carbocycles. The van der Waals surface area contributed by atoms with Gasteiger partial charge in [-0.15, -0.1) is 11.3 Å². The Hall–Kier alpha value is -2.16. The van der Waals surface area contributed by atoms with E-state index in [1.165, 1.54) is 23.6 Å². The Bertz CT molecular complexity index is 938. The average Bonchev–Trinajstić information content (AvgIpc) is 3.59. The predicted octanol–water partition coefficient (Wildman–Crippen LogP) is 5.11. The molecule has 0 aliphatic heterocycles. The maximum Gasteiger partial charge on any atom is 0.422 e. The highest BCUT2D eigenvalue weighted by Crippen LogP contribution is 2.45. The van der Waals surface area contributed by atoms with Crippen LogP contribution in [0, 0.1) is 12.8 Å². The summed E-state index contributed by atoms with van der Waals surface area (Å²) in [5.74, 6) is 0.334. The number of alkyl halides is 3. The molecule has 0 saturated heterocycles. The largest absolute Gasteiger partial charge is 0.484 e. The number of thiazole rings is 1. The summed E-state index contributed by atoms with van der Waals surface area (Å²) in [7, 11) is 0. The summed E-state index contributed by atoms with van der Waals surface area (Å²) in [6, 6.07) is 1.33. The summed E-state index contributed by atoms with van der Waals surface area (Å²) in [5.41, 5.74) is 0.918. The third-order valence-corrected chi connectivity index (χ3v) is 6.63. The van der Waals surface area contributed by atoms with Crippen LogP contribution in [0.2, 0.25) is 0 Å². The van der Waals surface area contributed by atoms with E-state index in [0.29, 0.717) is 11.5 Å². The normalized spacial score (nSPS) is 18.7. The Morgan fingerprint density at radius 2 is 2.03 bits per heavy atom. The number of nitrogens with one attached hydrogen (secondary N) is 1. The van der Waals surface area contributed by atoms with Crippen molar-refractivity contribution in [3.8, 4) is 5.75 Å². The topological polar surface area (TPSA) is 64.1 Å². The van der Waals surface area contributed by atoms with Crippen LogP contribution in [0.3, 0.4) is 0 Å². The van der Waals surface area contributed by atoms with Crippen LogP contribution in [0.15, 0.2) is 17.6 Å². The number of carbonyl (C=O) groups is 1. The molecule has 30 heavy (non-hydrogen) atoms. The third-order valence-electron chi connectivity index (χ3n) is 5.41. The molecule has 1 atom stereocenters. The van der Waals surface area contributed by atoms with Gasteiger partial charge in [0, 0.05) is 28.9 Å². The minimum absolute atomic E-state index is 0.0480. The lowest BCUT2D eigenvalue weighted by Gasteiger charge is -2.29. The second kappa shape index (κ2) is 7.83. The van der Waals surface area contributed by atoms with Crippen LogP contribution >= 0.6 is 11.3 Å². The number of pyridine rings is 1. The van der Waals surface area contributed by atoms with Gasteiger partial charge in [0.1, 0.15) is 16.5 Å². The molecule has 2 saturated carbocycles. The lowest BCUT2D eigenvalue weighted by atomic mass is 9.95. The van der Waals surface area contributed by atoms with Gasteiger partial charge in [0.15, 0.2) is 6.61 Å². The molecular weight excluding hydrogens is 415 g/mol. The van der Waals surface area contributed by atoms with Crippen LogP contribution in [0.4, 0.5) is 13.2 Å². The fourth-order valence-corrected chi connectivity index (χ4v) is 4.50. The van der Waals surface area contributed by atoms with Crippen LogP contribution in [0.5, 0.6) is 5.75 Å². The molecule has 162 valence electrons. The summed E-state index contributed by atoms with van der Waals surface area (Å²) in [5, 5.41) is 5.81. The molecule has 0 spiro atoms. The first-order chi connectivity index (χ1) is 14.1. The lowest BCUT2D eigenvalue weighted by Crippen LogP contribution is -2.44. The predicted molar refractivity (Wildman–Crippen MR) is 107 cm³/mol. The van der Waals surface area contributed by atoms with Gasteiger partial charge in [-0.05, 0) is 44.9 Å². The molecule has 0 radical (unpaired) electrons. The first kappa shape index (κ1) is 21.1. The van der Waals surface area contributed by atoms with Crippen molar-refractivity contribution < 1.29 is 22.7 Å². The van der Waals surface area contributed by atoms with Gasteiger partial charge in [0.05, 0.1) is 5.54 Å². The van der Waals surface area contributed by atoms with Crippen LogP contribution in [0.1, 0.15) is 71.7 Å². The Balaban J connectivity index is 1.56. The molecule has 1 amide bonds. The van der Waals surface area contributed by atoms with E-state index in [0.717, 1.165) is 42.8 Å². The van der Waals surface area contributed by atoms with E-state index in [4.69, 9.17) is 4.74 Å². The van der Waals surface area contributed by atoms with Crippen LogP contribution in [-0.4, -0.2) is 28.7 Å². The number of rotatable bonds is 8. The number of carbonyl (C=O) groups excluding carboxylic acids is 1. The van der Waals surface area contributed by atoms with E-state index in [1.807, 2.05) is 19.2 Å². The van der Waals surface area contributed by atoms with Crippen LogP contribution < -0.4 is 10.1 Å². The zero-order chi connectivity index (χ0) is 21.5. The van der Waals surface area contributed by atoms with E-state index >= 15 is 0 Å². The quantitative estimate of drug-likeness (QED) is 0.621. The zero-order valence-electron chi connectivity index (χ0n) is 16.9. The van der Waals surface area contributed by atoms with Crippen molar-refractivity contribution in [3.05, 3.63) is 39.6 Å². The van der Waals surface area contributed by atoms with Gasteiger partial charge >= 0.3 is 6.18 Å².